The smallest absolute Gasteiger partial charge is 0.164 e. The van der Waals surface area contributed by atoms with E-state index in [4.69, 9.17) is 15.0 Å². The quantitative estimate of drug-likeness (QED) is 0.175. The van der Waals surface area contributed by atoms with Gasteiger partial charge in [0.1, 0.15) is 0 Å². The molecule has 9 rings (SSSR count). The lowest BCUT2D eigenvalue weighted by molar-refractivity contribution is 0.0780. The van der Waals surface area contributed by atoms with Gasteiger partial charge in [0.05, 0.1) is 11.6 Å². The van der Waals surface area contributed by atoms with Crippen LogP contribution in [0.15, 0.2) is 140 Å². The van der Waals surface area contributed by atoms with Gasteiger partial charge in [-0.05, 0) is 112 Å². The second-order valence-electron chi connectivity index (χ2n) is 15.7. The van der Waals surface area contributed by atoms with Gasteiger partial charge >= 0.3 is 0 Å². The second-order valence-corrected chi connectivity index (χ2v) is 15.7. The normalized spacial score (nSPS) is 20.9. The Hall–Kier alpha value is -5.92. The fourth-order valence-electron chi connectivity index (χ4n) is 9.75. The van der Waals surface area contributed by atoms with Crippen LogP contribution in [0, 0.1) is 29.1 Å². The van der Waals surface area contributed by atoms with Gasteiger partial charge in [-0.3, -0.25) is 0 Å². The molecule has 2 aliphatic carbocycles. The van der Waals surface area contributed by atoms with Crippen LogP contribution in [0.4, 0.5) is 0 Å². The Balaban J connectivity index is 1.14. The van der Waals surface area contributed by atoms with E-state index in [1.807, 2.05) is 36.4 Å². The van der Waals surface area contributed by atoms with E-state index in [-0.39, 0.29) is 0 Å². The van der Waals surface area contributed by atoms with Gasteiger partial charge in [-0.1, -0.05) is 135 Å². The van der Waals surface area contributed by atoms with Gasteiger partial charge in [0.15, 0.2) is 17.5 Å². The zero-order valence-corrected chi connectivity index (χ0v) is 30.3. The maximum Gasteiger partial charge on any atom is 0.164 e. The Morgan fingerprint density at radius 3 is 1.91 bits per heavy atom. The van der Waals surface area contributed by atoms with Gasteiger partial charge in [0, 0.05) is 16.7 Å². The zero-order chi connectivity index (χ0) is 35.9. The van der Waals surface area contributed by atoms with Gasteiger partial charge in [0.25, 0.3) is 0 Å². The molecule has 2 unspecified atom stereocenters. The number of fused-ring (bicyclic) bond motifs is 3. The van der Waals surface area contributed by atoms with Crippen LogP contribution >= 0.6 is 0 Å². The van der Waals surface area contributed by atoms with Crippen LogP contribution in [-0.4, -0.2) is 15.0 Å². The number of nitriles is 1. The molecule has 0 spiro atoms. The maximum absolute atomic E-state index is 9.63. The third-order valence-electron chi connectivity index (χ3n) is 11.7. The zero-order valence-electron chi connectivity index (χ0n) is 30.3. The van der Waals surface area contributed by atoms with E-state index in [0.29, 0.717) is 28.5 Å². The molecule has 2 saturated carbocycles. The summed E-state index contributed by atoms with van der Waals surface area (Å²) in [7, 11) is 0. The van der Waals surface area contributed by atoms with E-state index in [9.17, 15) is 5.26 Å². The Kier molecular flexibility index (Phi) is 8.43. The van der Waals surface area contributed by atoms with Crippen LogP contribution in [0.3, 0.4) is 0 Å². The molecule has 4 atom stereocenters. The first-order chi connectivity index (χ1) is 25.9. The summed E-state index contributed by atoms with van der Waals surface area (Å²) in [6.07, 6.45) is 6.68. The minimum absolute atomic E-state index is 0.296. The highest BCUT2D eigenvalue weighted by Crippen LogP contribution is 2.54. The molecule has 0 amide bonds. The van der Waals surface area contributed by atoms with E-state index < -0.39 is 0 Å². The van der Waals surface area contributed by atoms with Crippen molar-refractivity contribution in [1.82, 2.24) is 15.0 Å². The molecule has 7 aromatic rings. The van der Waals surface area contributed by atoms with E-state index >= 15 is 0 Å². The highest BCUT2D eigenvalue weighted by molar-refractivity contribution is 5.98. The van der Waals surface area contributed by atoms with Crippen molar-refractivity contribution in [2.45, 2.75) is 51.4 Å². The largest absolute Gasteiger partial charge is 0.208 e. The fourth-order valence-corrected chi connectivity index (χ4v) is 9.75. The molecule has 258 valence electrons. The number of aromatic nitrogens is 3. The average Bonchev–Trinajstić information content (AvgIpc) is 3.20. The molecule has 4 heteroatoms. The summed E-state index contributed by atoms with van der Waals surface area (Å²) in [6.45, 7) is 4.92. The van der Waals surface area contributed by atoms with Gasteiger partial charge in [-0.15, -0.1) is 0 Å². The third-order valence-corrected chi connectivity index (χ3v) is 11.7. The molecule has 0 radical (unpaired) electrons. The number of nitrogens with zero attached hydrogens (tertiary/aromatic N) is 4. The van der Waals surface area contributed by atoms with Crippen LogP contribution < -0.4 is 0 Å². The van der Waals surface area contributed by atoms with Crippen LogP contribution in [0.2, 0.25) is 0 Å². The van der Waals surface area contributed by atoms with Crippen molar-refractivity contribution in [3.63, 3.8) is 0 Å². The van der Waals surface area contributed by atoms with Gasteiger partial charge in [-0.25, -0.2) is 15.0 Å². The summed E-state index contributed by atoms with van der Waals surface area (Å²) >= 11 is 0. The first-order valence-corrected chi connectivity index (χ1v) is 19.0. The number of hydrogen-bond donors (Lipinski definition) is 0. The minimum Gasteiger partial charge on any atom is -0.208 e. The molecule has 2 bridgehead atoms. The van der Waals surface area contributed by atoms with Crippen molar-refractivity contribution in [3.8, 4) is 62.5 Å². The highest BCUT2D eigenvalue weighted by Gasteiger charge is 2.45. The molecule has 0 saturated heterocycles. The molecule has 2 fully saturated rings. The Bertz CT molecular complexity index is 2480. The summed E-state index contributed by atoms with van der Waals surface area (Å²) in [5.41, 5.74) is 9.64. The van der Waals surface area contributed by atoms with Gasteiger partial charge in [-0.2, -0.15) is 5.26 Å². The van der Waals surface area contributed by atoms with Crippen LogP contribution in [0.25, 0.3) is 67.2 Å². The Labute approximate surface area is 312 Å². The summed E-state index contributed by atoms with van der Waals surface area (Å²) in [4.78, 5) is 15.4. The van der Waals surface area contributed by atoms with Crippen LogP contribution in [0.1, 0.15) is 57.1 Å². The van der Waals surface area contributed by atoms with Crippen LogP contribution in [0.5, 0.6) is 0 Å². The number of benzene rings is 6. The molecule has 1 aromatic heterocycles. The first-order valence-electron chi connectivity index (χ1n) is 19.0. The Morgan fingerprint density at radius 1 is 0.528 bits per heavy atom. The highest BCUT2D eigenvalue weighted by atomic mass is 15.0. The average molecular weight is 687 g/mol. The second kappa shape index (κ2) is 13.6. The molecule has 2 aliphatic rings. The summed E-state index contributed by atoms with van der Waals surface area (Å²) in [6, 6.07) is 50.9. The number of hydrogen-bond acceptors (Lipinski definition) is 4. The van der Waals surface area contributed by atoms with Crippen molar-refractivity contribution in [1.29, 1.82) is 5.26 Å². The monoisotopic (exact) mass is 686 g/mol. The van der Waals surface area contributed by atoms with E-state index in [1.54, 1.807) is 0 Å². The predicted molar refractivity (Wildman–Crippen MR) is 216 cm³/mol. The topological polar surface area (TPSA) is 62.5 Å². The molecule has 1 heterocycles. The number of rotatable bonds is 6. The van der Waals surface area contributed by atoms with Crippen LogP contribution in [-0.2, 0) is 5.41 Å². The van der Waals surface area contributed by atoms with Gasteiger partial charge < -0.3 is 0 Å². The van der Waals surface area contributed by atoms with E-state index in [0.717, 1.165) is 61.9 Å². The first kappa shape index (κ1) is 33.0. The fraction of sp³-hybridized carbons (Fsp3) is 0.224. The van der Waals surface area contributed by atoms with Crippen molar-refractivity contribution < 1.29 is 0 Å². The molecule has 6 aromatic carbocycles. The molecule has 53 heavy (non-hydrogen) atoms. The molecule has 0 aliphatic heterocycles. The summed E-state index contributed by atoms with van der Waals surface area (Å²) in [5, 5.41) is 11.8. The van der Waals surface area contributed by atoms with Gasteiger partial charge in [0.2, 0.25) is 0 Å². The lowest BCUT2D eigenvalue weighted by Crippen LogP contribution is -2.42. The van der Waals surface area contributed by atoms with Crippen molar-refractivity contribution in [2.75, 3.05) is 0 Å². The van der Waals surface area contributed by atoms with E-state index in [1.165, 1.54) is 43.2 Å². The Morgan fingerprint density at radius 2 is 1.15 bits per heavy atom. The van der Waals surface area contributed by atoms with E-state index in [2.05, 4.69) is 123 Å². The summed E-state index contributed by atoms with van der Waals surface area (Å²) in [5.74, 6) is 4.31. The standard InChI is InChI=1S/C49H42N4/c1-32-24-35-25-33(2)29-49(28-32,30-35)41-22-20-37(21-23-41)42-15-6-7-16-44(42)48-52-46(38-10-4-3-5-11-38)51-47(53-48)40-14-8-13-39(27-40)43-17-9-12-36-19-18-34(31-50)26-45(36)43/h3-23,26-27,32-33,35H,24-25,28-30H2,1-2H3/t32-,33+,35?,49?. The molecule has 0 N–H and O–H groups in total. The minimum atomic E-state index is 0.296. The third kappa shape index (κ3) is 6.31. The van der Waals surface area contributed by atoms with Crippen molar-refractivity contribution in [3.05, 3.63) is 151 Å². The summed E-state index contributed by atoms with van der Waals surface area (Å²) < 4.78 is 0. The lowest BCUT2D eigenvalue weighted by atomic mass is 9.54. The molecular formula is C49H42N4. The SMILES string of the molecule is C[C@@H]1CC2C[C@H](C)CC(c3ccc(-c4ccccc4-c4nc(-c5ccccc5)nc(-c5cccc(-c6cccc7ccc(C#N)cc67)c5)n4)cc3)(C2)C1. The van der Waals surface area contributed by atoms with Crippen molar-refractivity contribution >= 4 is 10.8 Å². The van der Waals surface area contributed by atoms with Crippen molar-refractivity contribution in [2.24, 2.45) is 17.8 Å². The predicted octanol–water partition coefficient (Wildman–Crippen LogP) is 12.3. The molecule has 4 nitrogen and oxygen atoms in total. The molecular weight excluding hydrogens is 645 g/mol. The maximum atomic E-state index is 9.63. The lowest BCUT2D eigenvalue weighted by Gasteiger charge is -2.50.